The predicted molar refractivity (Wildman–Crippen MR) is 61.9 cm³/mol. The molecule has 0 fully saturated rings. The maximum absolute atomic E-state index is 11.4. The van der Waals surface area contributed by atoms with E-state index in [0.29, 0.717) is 12.1 Å². The van der Waals surface area contributed by atoms with Gasteiger partial charge in [0.15, 0.2) is 0 Å². The van der Waals surface area contributed by atoms with Crippen molar-refractivity contribution in [2.75, 3.05) is 0 Å². The van der Waals surface area contributed by atoms with Gasteiger partial charge in [-0.25, -0.2) is 0 Å². The Labute approximate surface area is 98.7 Å². The molecule has 0 radical (unpaired) electrons. The van der Waals surface area contributed by atoms with E-state index in [0.717, 1.165) is 5.56 Å². The van der Waals surface area contributed by atoms with Crippen LogP contribution in [-0.2, 0) is 11.2 Å². The Bertz CT molecular complexity index is 486. The maximum Gasteiger partial charge on any atom is 0.226 e. The topological polar surface area (TPSA) is 81.8 Å². The van der Waals surface area contributed by atoms with E-state index in [-0.39, 0.29) is 0 Å². The van der Waals surface area contributed by atoms with Crippen LogP contribution in [-0.4, -0.2) is 20.9 Å². The van der Waals surface area contributed by atoms with Crippen molar-refractivity contribution in [3.8, 4) is 0 Å². The molecule has 2 aromatic heterocycles. The van der Waals surface area contributed by atoms with Crippen molar-refractivity contribution < 1.29 is 4.79 Å². The minimum absolute atomic E-state index is 0.408. The first-order valence-electron chi connectivity index (χ1n) is 5.21. The summed E-state index contributed by atoms with van der Waals surface area (Å²) in [5.41, 5.74) is 6.92. The summed E-state index contributed by atoms with van der Waals surface area (Å²) in [6.45, 7) is 0. The van der Waals surface area contributed by atoms with Crippen LogP contribution in [0.5, 0.6) is 0 Å². The summed E-state index contributed by atoms with van der Waals surface area (Å²) >= 11 is 0. The van der Waals surface area contributed by atoms with Gasteiger partial charge >= 0.3 is 0 Å². The molecule has 5 nitrogen and oxygen atoms in total. The molecule has 2 heterocycles. The second-order valence-corrected chi connectivity index (χ2v) is 3.65. The Morgan fingerprint density at radius 1 is 1.24 bits per heavy atom. The number of nitrogens with zero attached hydrogens (tertiary/aromatic N) is 3. The van der Waals surface area contributed by atoms with Crippen molar-refractivity contribution in [2.24, 2.45) is 5.73 Å². The lowest BCUT2D eigenvalue weighted by atomic mass is 9.97. The van der Waals surface area contributed by atoms with Crippen molar-refractivity contribution in [3.05, 3.63) is 54.4 Å². The molecule has 17 heavy (non-hydrogen) atoms. The molecule has 1 unspecified atom stereocenters. The van der Waals surface area contributed by atoms with Gasteiger partial charge in [-0.05, 0) is 18.1 Å². The molecule has 0 aliphatic heterocycles. The van der Waals surface area contributed by atoms with E-state index >= 15 is 0 Å². The molecule has 2 rings (SSSR count). The number of pyridine rings is 1. The van der Waals surface area contributed by atoms with Gasteiger partial charge in [-0.1, -0.05) is 6.07 Å². The molecule has 1 atom stereocenters. The molecule has 0 bridgehead atoms. The molecular weight excluding hydrogens is 216 g/mol. The van der Waals surface area contributed by atoms with E-state index in [1.165, 1.54) is 0 Å². The summed E-state index contributed by atoms with van der Waals surface area (Å²) < 4.78 is 0. The van der Waals surface area contributed by atoms with E-state index in [2.05, 4.69) is 15.0 Å². The van der Waals surface area contributed by atoms with Gasteiger partial charge in [0.2, 0.25) is 5.91 Å². The number of aromatic nitrogens is 3. The van der Waals surface area contributed by atoms with Gasteiger partial charge in [-0.3, -0.25) is 19.7 Å². The monoisotopic (exact) mass is 228 g/mol. The molecule has 0 aromatic carbocycles. The first-order chi connectivity index (χ1) is 8.27. The Hall–Kier alpha value is -2.30. The fourth-order valence-corrected chi connectivity index (χ4v) is 1.60. The van der Waals surface area contributed by atoms with Crippen LogP contribution < -0.4 is 5.73 Å². The lowest BCUT2D eigenvalue weighted by Crippen LogP contribution is -2.24. The summed E-state index contributed by atoms with van der Waals surface area (Å²) in [4.78, 5) is 23.5. The molecule has 0 aliphatic rings. The molecule has 86 valence electrons. The Kier molecular flexibility index (Phi) is 3.40. The van der Waals surface area contributed by atoms with Crippen LogP contribution in [0.1, 0.15) is 17.2 Å². The lowest BCUT2D eigenvalue weighted by Gasteiger charge is -2.11. The number of hydrogen-bond donors (Lipinski definition) is 1. The third-order valence-electron chi connectivity index (χ3n) is 2.45. The quantitative estimate of drug-likeness (QED) is 0.834. The number of nitrogens with two attached hydrogens (primary N) is 1. The molecule has 2 N–H and O–H groups in total. The first-order valence-corrected chi connectivity index (χ1v) is 5.21. The highest BCUT2D eigenvalue weighted by Crippen LogP contribution is 2.17. The number of amides is 1. The van der Waals surface area contributed by atoms with E-state index in [9.17, 15) is 4.79 Å². The number of primary amides is 1. The summed E-state index contributed by atoms with van der Waals surface area (Å²) in [7, 11) is 0. The van der Waals surface area contributed by atoms with E-state index in [1.807, 2.05) is 12.1 Å². The van der Waals surface area contributed by atoms with Crippen molar-refractivity contribution in [2.45, 2.75) is 12.3 Å². The minimum Gasteiger partial charge on any atom is -0.369 e. The minimum atomic E-state index is -0.465. The molecule has 1 amide bonds. The number of carbonyl (C=O) groups is 1. The van der Waals surface area contributed by atoms with Crippen LogP contribution in [0, 0.1) is 0 Å². The highest BCUT2D eigenvalue weighted by atomic mass is 16.1. The molecule has 0 saturated carbocycles. The molecule has 0 aliphatic carbocycles. The first kappa shape index (κ1) is 11.2. The molecule has 2 aromatic rings. The lowest BCUT2D eigenvalue weighted by molar-refractivity contribution is -0.119. The van der Waals surface area contributed by atoms with E-state index < -0.39 is 11.8 Å². The van der Waals surface area contributed by atoms with Crippen LogP contribution in [0.2, 0.25) is 0 Å². The summed E-state index contributed by atoms with van der Waals surface area (Å²) in [6, 6.07) is 3.73. The second kappa shape index (κ2) is 5.16. The van der Waals surface area contributed by atoms with E-state index in [4.69, 9.17) is 5.73 Å². The SMILES string of the molecule is NC(=O)C(Cc1cccnc1)c1cnccn1. The molecule has 0 spiro atoms. The maximum atomic E-state index is 11.4. The number of hydrogen-bond acceptors (Lipinski definition) is 4. The van der Waals surface area contributed by atoms with Crippen LogP contribution >= 0.6 is 0 Å². The van der Waals surface area contributed by atoms with E-state index in [1.54, 1.807) is 31.0 Å². The van der Waals surface area contributed by atoms with Gasteiger partial charge in [0.05, 0.1) is 11.6 Å². The zero-order valence-corrected chi connectivity index (χ0v) is 9.15. The Morgan fingerprint density at radius 3 is 2.65 bits per heavy atom. The van der Waals surface area contributed by atoms with Crippen molar-refractivity contribution in [3.63, 3.8) is 0 Å². The van der Waals surface area contributed by atoms with Crippen LogP contribution in [0.15, 0.2) is 43.1 Å². The average Bonchev–Trinajstić information content (AvgIpc) is 2.38. The largest absolute Gasteiger partial charge is 0.369 e. The fraction of sp³-hybridized carbons (Fsp3) is 0.167. The van der Waals surface area contributed by atoms with Crippen LogP contribution in [0.4, 0.5) is 0 Å². The average molecular weight is 228 g/mol. The van der Waals surface area contributed by atoms with Gasteiger partial charge < -0.3 is 5.73 Å². The normalized spacial score (nSPS) is 12.0. The van der Waals surface area contributed by atoms with Gasteiger partial charge in [0, 0.05) is 31.0 Å². The van der Waals surface area contributed by atoms with Crippen molar-refractivity contribution in [1.29, 1.82) is 0 Å². The fourth-order valence-electron chi connectivity index (χ4n) is 1.60. The predicted octanol–water partition coefficient (Wildman–Crippen LogP) is 0.683. The molecule has 0 saturated heterocycles. The Balaban J connectivity index is 2.23. The van der Waals surface area contributed by atoms with Crippen molar-refractivity contribution in [1.82, 2.24) is 15.0 Å². The molecule has 5 heteroatoms. The third kappa shape index (κ3) is 2.84. The Morgan fingerprint density at radius 2 is 2.06 bits per heavy atom. The summed E-state index contributed by atoms with van der Waals surface area (Å²) in [5, 5.41) is 0. The molecular formula is C12H12N4O. The van der Waals surface area contributed by atoms with Crippen LogP contribution in [0.3, 0.4) is 0 Å². The van der Waals surface area contributed by atoms with Gasteiger partial charge in [0.1, 0.15) is 0 Å². The van der Waals surface area contributed by atoms with Gasteiger partial charge in [-0.15, -0.1) is 0 Å². The zero-order chi connectivity index (χ0) is 12.1. The summed E-state index contributed by atoms with van der Waals surface area (Å²) in [5.74, 6) is -0.873. The number of carbonyl (C=O) groups excluding carboxylic acids is 1. The second-order valence-electron chi connectivity index (χ2n) is 3.65. The van der Waals surface area contributed by atoms with Gasteiger partial charge in [-0.2, -0.15) is 0 Å². The summed E-state index contributed by atoms with van der Waals surface area (Å²) in [6.07, 6.45) is 8.56. The highest BCUT2D eigenvalue weighted by molar-refractivity contribution is 5.81. The standard InChI is InChI=1S/C12H12N4O/c13-12(17)10(11-8-15-4-5-16-11)6-9-2-1-3-14-7-9/h1-5,7-8,10H,6H2,(H2,13,17). The number of rotatable bonds is 4. The smallest absolute Gasteiger partial charge is 0.226 e. The zero-order valence-electron chi connectivity index (χ0n) is 9.15. The third-order valence-corrected chi connectivity index (χ3v) is 2.45. The van der Waals surface area contributed by atoms with Crippen molar-refractivity contribution >= 4 is 5.91 Å². The highest BCUT2D eigenvalue weighted by Gasteiger charge is 2.19. The van der Waals surface area contributed by atoms with Gasteiger partial charge in [0.25, 0.3) is 0 Å². The van der Waals surface area contributed by atoms with Crippen LogP contribution in [0.25, 0.3) is 0 Å².